The molecule has 0 aliphatic carbocycles. The molecular formula is C13H9NO2. The molecule has 3 nitrogen and oxygen atoms in total. The lowest BCUT2D eigenvalue weighted by atomic mass is 10.1. The number of hydrogen-bond acceptors (Lipinski definition) is 2. The summed E-state index contributed by atoms with van der Waals surface area (Å²) in [5.74, 6) is 5.63. The highest BCUT2D eigenvalue weighted by Gasteiger charge is 2.05. The molecule has 0 unspecified atom stereocenters. The van der Waals surface area contributed by atoms with Crippen molar-refractivity contribution in [3.8, 4) is 11.8 Å². The molecular weight excluding hydrogens is 202 g/mol. The summed E-state index contributed by atoms with van der Waals surface area (Å²) in [7, 11) is 0. The zero-order valence-electron chi connectivity index (χ0n) is 8.49. The van der Waals surface area contributed by atoms with E-state index in [4.69, 9.17) is 0 Å². The Morgan fingerprint density at radius 1 is 1.31 bits per heavy atom. The predicted octanol–water partition coefficient (Wildman–Crippen LogP) is 1.92. The van der Waals surface area contributed by atoms with Gasteiger partial charge in [0.25, 0.3) is 0 Å². The highest BCUT2D eigenvalue weighted by Crippen LogP contribution is 2.20. The van der Waals surface area contributed by atoms with Crippen LogP contribution in [-0.2, 0) is 4.79 Å². The van der Waals surface area contributed by atoms with Crippen molar-refractivity contribution >= 4 is 23.5 Å². The van der Waals surface area contributed by atoms with E-state index in [-0.39, 0.29) is 6.42 Å². The van der Waals surface area contributed by atoms with Gasteiger partial charge < -0.3 is 9.78 Å². The number of nitrogens with one attached hydrogen (secondary N) is 1. The normalized spacial score (nSPS) is 9.50. The van der Waals surface area contributed by atoms with Crippen LogP contribution in [0.4, 0.5) is 0 Å². The molecule has 2 rings (SSSR count). The van der Waals surface area contributed by atoms with Crippen LogP contribution in [0.5, 0.6) is 0 Å². The van der Waals surface area contributed by atoms with Crippen LogP contribution >= 0.6 is 0 Å². The molecule has 2 aromatic rings. The molecule has 1 N–H and O–H groups in total. The molecule has 0 spiro atoms. The van der Waals surface area contributed by atoms with Crippen LogP contribution in [0.1, 0.15) is 22.3 Å². The number of aromatic amines is 1. The molecule has 0 atom stereocenters. The van der Waals surface area contributed by atoms with Crippen molar-refractivity contribution in [1.29, 1.82) is 0 Å². The van der Waals surface area contributed by atoms with E-state index in [0.717, 1.165) is 29.0 Å². The maximum Gasteiger partial charge on any atom is 0.152 e. The van der Waals surface area contributed by atoms with Gasteiger partial charge in [-0.15, -0.1) is 0 Å². The Morgan fingerprint density at radius 3 is 2.94 bits per heavy atom. The van der Waals surface area contributed by atoms with E-state index in [1.165, 1.54) is 0 Å². The lowest BCUT2D eigenvalue weighted by molar-refractivity contribution is -0.107. The summed E-state index contributed by atoms with van der Waals surface area (Å²) in [6, 6.07) is 5.58. The lowest BCUT2D eigenvalue weighted by Crippen LogP contribution is -1.81. The van der Waals surface area contributed by atoms with Crippen LogP contribution in [0.2, 0.25) is 0 Å². The summed E-state index contributed by atoms with van der Waals surface area (Å²) in [4.78, 5) is 24.0. The zero-order chi connectivity index (χ0) is 11.4. The van der Waals surface area contributed by atoms with Crippen molar-refractivity contribution in [3.63, 3.8) is 0 Å². The molecule has 0 saturated carbocycles. The van der Waals surface area contributed by atoms with Gasteiger partial charge in [-0.25, -0.2) is 0 Å². The zero-order valence-corrected chi connectivity index (χ0v) is 8.49. The summed E-state index contributed by atoms with van der Waals surface area (Å²) in [6.07, 6.45) is 3.41. The van der Waals surface area contributed by atoms with E-state index in [0.29, 0.717) is 5.56 Å². The van der Waals surface area contributed by atoms with E-state index < -0.39 is 0 Å². The number of benzene rings is 1. The number of carbonyl (C=O) groups is 2. The molecule has 16 heavy (non-hydrogen) atoms. The molecule has 1 aromatic heterocycles. The van der Waals surface area contributed by atoms with Gasteiger partial charge in [0.15, 0.2) is 6.29 Å². The van der Waals surface area contributed by atoms with Gasteiger partial charge in [0.2, 0.25) is 0 Å². The lowest BCUT2D eigenvalue weighted by Gasteiger charge is -1.94. The summed E-state index contributed by atoms with van der Waals surface area (Å²) >= 11 is 0. The molecule has 0 radical (unpaired) electrons. The number of aldehydes is 2. The van der Waals surface area contributed by atoms with Gasteiger partial charge in [-0.1, -0.05) is 17.9 Å². The van der Waals surface area contributed by atoms with Gasteiger partial charge in [0, 0.05) is 28.2 Å². The fraction of sp³-hybridized carbons (Fsp3) is 0.0769. The predicted molar refractivity (Wildman–Crippen MR) is 61.2 cm³/mol. The summed E-state index contributed by atoms with van der Waals surface area (Å²) < 4.78 is 0. The van der Waals surface area contributed by atoms with Crippen LogP contribution in [0, 0.1) is 11.8 Å². The monoisotopic (exact) mass is 211 g/mol. The third kappa shape index (κ3) is 1.73. The maximum absolute atomic E-state index is 10.8. The number of H-pyrrole nitrogens is 1. The van der Waals surface area contributed by atoms with E-state index in [1.54, 1.807) is 6.20 Å². The smallest absolute Gasteiger partial charge is 0.152 e. The Bertz CT molecular complexity index is 599. The van der Waals surface area contributed by atoms with Crippen molar-refractivity contribution in [3.05, 3.63) is 35.5 Å². The van der Waals surface area contributed by atoms with Gasteiger partial charge in [-0.05, 0) is 12.1 Å². The average Bonchev–Trinajstić information content (AvgIpc) is 2.73. The van der Waals surface area contributed by atoms with Gasteiger partial charge in [-0.2, -0.15) is 0 Å². The van der Waals surface area contributed by atoms with Crippen molar-refractivity contribution in [2.24, 2.45) is 0 Å². The molecule has 78 valence electrons. The molecule has 1 heterocycles. The van der Waals surface area contributed by atoms with E-state index in [2.05, 4.69) is 16.8 Å². The number of aromatic nitrogens is 1. The second kappa shape index (κ2) is 4.45. The average molecular weight is 211 g/mol. The molecule has 0 bridgehead atoms. The summed E-state index contributed by atoms with van der Waals surface area (Å²) in [5, 5.41) is 0.816. The largest absolute Gasteiger partial charge is 0.360 e. The SMILES string of the molecule is O=CCC#Cc1cccc2[nH]cc(C=O)c12. The second-order valence-electron chi connectivity index (χ2n) is 3.26. The topological polar surface area (TPSA) is 49.9 Å². The molecule has 0 saturated heterocycles. The molecule has 0 aliphatic rings. The minimum Gasteiger partial charge on any atom is -0.360 e. The Labute approximate surface area is 92.5 Å². The Hall–Kier alpha value is -2.34. The van der Waals surface area contributed by atoms with Crippen molar-refractivity contribution < 1.29 is 9.59 Å². The third-order valence-corrected chi connectivity index (χ3v) is 2.27. The first kappa shape index (κ1) is 10.2. The van der Waals surface area contributed by atoms with E-state index in [9.17, 15) is 9.59 Å². The fourth-order valence-electron chi connectivity index (χ4n) is 1.60. The van der Waals surface area contributed by atoms with Crippen LogP contribution in [0.25, 0.3) is 10.9 Å². The van der Waals surface area contributed by atoms with Crippen molar-refractivity contribution in [2.75, 3.05) is 0 Å². The molecule has 0 fully saturated rings. The fourth-order valence-corrected chi connectivity index (χ4v) is 1.60. The molecule has 0 amide bonds. The van der Waals surface area contributed by atoms with E-state index in [1.807, 2.05) is 18.2 Å². The van der Waals surface area contributed by atoms with Gasteiger partial charge in [0.1, 0.15) is 6.29 Å². The van der Waals surface area contributed by atoms with Crippen molar-refractivity contribution in [2.45, 2.75) is 6.42 Å². The van der Waals surface area contributed by atoms with Crippen LogP contribution in [0.15, 0.2) is 24.4 Å². The van der Waals surface area contributed by atoms with Crippen molar-refractivity contribution in [1.82, 2.24) is 4.98 Å². The minimum atomic E-state index is 0.206. The first-order chi connectivity index (χ1) is 7.86. The Morgan fingerprint density at radius 2 is 2.19 bits per heavy atom. The second-order valence-corrected chi connectivity index (χ2v) is 3.26. The van der Waals surface area contributed by atoms with Crippen LogP contribution in [0.3, 0.4) is 0 Å². The third-order valence-electron chi connectivity index (χ3n) is 2.27. The van der Waals surface area contributed by atoms with Gasteiger partial charge >= 0.3 is 0 Å². The maximum atomic E-state index is 10.8. The number of rotatable bonds is 2. The van der Waals surface area contributed by atoms with Crippen LogP contribution in [-0.4, -0.2) is 17.6 Å². The molecule has 0 aliphatic heterocycles. The molecule has 1 aromatic carbocycles. The Balaban J connectivity index is 2.60. The number of fused-ring (bicyclic) bond motifs is 1. The molecule has 3 heteroatoms. The first-order valence-electron chi connectivity index (χ1n) is 4.84. The number of hydrogen-bond donors (Lipinski definition) is 1. The van der Waals surface area contributed by atoms with Crippen LogP contribution < -0.4 is 0 Å². The number of carbonyl (C=O) groups excluding carboxylic acids is 2. The van der Waals surface area contributed by atoms with E-state index >= 15 is 0 Å². The summed E-state index contributed by atoms with van der Waals surface area (Å²) in [5.41, 5.74) is 2.23. The standard InChI is InChI=1S/C13H9NO2/c15-7-2-1-4-10-5-3-6-12-13(10)11(9-16)8-14-12/h3,5-9,14H,2H2. The summed E-state index contributed by atoms with van der Waals surface area (Å²) in [6.45, 7) is 0. The quantitative estimate of drug-likeness (QED) is 0.609. The first-order valence-corrected chi connectivity index (χ1v) is 4.84. The highest BCUT2D eigenvalue weighted by atomic mass is 16.1. The Kier molecular flexibility index (Phi) is 2.84. The highest BCUT2D eigenvalue weighted by molar-refractivity contribution is 6.00. The van der Waals surface area contributed by atoms with Gasteiger partial charge in [0.05, 0.1) is 6.42 Å². The van der Waals surface area contributed by atoms with Gasteiger partial charge in [-0.3, -0.25) is 4.79 Å². The minimum absolute atomic E-state index is 0.206.